The third kappa shape index (κ3) is 6.87. The number of ether oxygens (including phenoxy) is 1. The molecule has 1 aliphatic heterocycles. The highest BCUT2D eigenvalue weighted by atomic mass is 19.3. The lowest BCUT2D eigenvalue weighted by molar-refractivity contribution is -0.139. The SMILES string of the molecule is CCOc1ccc([C@@H](CCC(F)(F)CCCCc2ccc3c(n2)NCCC3)C(=O)O)cn1. The van der Waals surface area contributed by atoms with Crippen LogP contribution in [0.1, 0.15) is 68.2 Å². The molecule has 0 fully saturated rings. The number of carboxylic acids is 1. The number of anilines is 1. The van der Waals surface area contributed by atoms with Gasteiger partial charge in [0.2, 0.25) is 11.8 Å². The van der Waals surface area contributed by atoms with Crippen LogP contribution in [0.2, 0.25) is 0 Å². The van der Waals surface area contributed by atoms with Gasteiger partial charge in [0.15, 0.2) is 0 Å². The third-order valence-corrected chi connectivity index (χ3v) is 5.73. The molecule has 0 unspecified atom stereocenters. The van der Waals surface area contributed by atoms with Crippen LogP contribution < -0.4 is 10.1 Å². The van der Waals surface area contributed by atoms with Crippen LogP contribution >= 0.6 is 0 Å². The van der Waals surface area contributed by atoms with Crippen LogP contribution in [0.3, 0.4) is 0 Å². The van der Waals surface area contributed by atoms with Crippen LogP contribution in [0.4, 0.5) is 14.6 Å². The van der Waals surface area contributed by atoms with Crippen molar-refractivity contribution in [3.05, 3.63) is 47.3 Å². The van der Waals surface area contributed by atoms with Crippen LogP contribution in [0.15, 0.2) is 30.5 Å². The minimum atomic E-state index is -2.91. The molecular formula is C24H31F2N3O3. The summed E-state index contributed by atoms with van der Waals surface area (Å²) in [5, 5.41) is 12.8. The van der Waals surface area contributed by atoms with Crippen molar-refractivity contribution in [2.75, 3.05) is 18.5 Å². The molecule has 32 heavy (non-hydrogen) atoms. The first-order valence-electron chi connectivity index (χ1n) is 11.3. The van der Waals surface area contributed by atoms with Gasteiger partial charge in [-0.25, -0.2) is 18.7 Å². The standard InChI is InChI=1S/C24H31F2N3O3/c1-2-32-21-11-9-18(16-28-21)20(23(30)31)12-14-24(25,26)13-4-3-7-19-10-8-17-6-5-15-27-22(17)29-19/h8-11,16,20H,2-7,12-15H2,1H3,(H,27,29)(H,30,31)/t20-/m1/s1. The molecule has 1 aliphatic rings. The predicted octanol–water partition coefficient (Wildman–Crippen LogP) is 5.23. The fourth-order valence-corrected chi connectivity index (χ4v) is 3.94. The largest absolute Gasteiger partial charge is 0.481 e. The van der Waals surface area contributed by atoms with E-state index < -0.39 is 24.2 Å². The maximum atomic E-state index is 14.4. The Bertz CT molecular complexity index is 891. The molecule has 2 aromatic rings. The molecule has 0 amide bonds. The maximum absolute atomic E-state index is 14.4. The highest BCUT2D eigenvalue weighted by molar-refractivity contribution is 5.75. The zero-order valence-electron chi connectivity index (χ0n) is 18.4. The molecule has 0 radical (unpaired) electrons. The quantitative estimate of drug-likeness (QED) is 0.434. The van der Waals surface area contributed by atoms with Crippen molar-refractivity contribution in [3.63, 3.8) is 0 Å². The van der Waals surface area contributed by atoms with Gasteiger partial charge in [-0.15, -0.1) is 0 Å². The smallest absolute Gasteiger partial charge is 0.311 e. The van der Waals surface area contributed by atoms with E-state index in [9.17, 15) is 18.7 Å². The number of aryl methyl sites for hydroxylation is 2. The molecule has 1 atom stereocenters. The van der Waals surface area contributed by atoms with Gasteiger partial charge in [-0.3, -0.25) is 4.79 Å². The van der Waals surface area contributed by atoms with Crippen LogP contribution in [0.5, 0.6) is 5.88 Å². The van der Waals surface area contributed by atoms with Crippen molar-refractivity contribution in [1.29, 1.82) is 0 Å². The lowest BCUT2D eigenvalue weighted by Crippen LogP contribution is -2.20. The van der Waals surface area contributed by atoms with Gasteiger partial charge in [0, 0.05) is 37.3 Å². The van der Waals surface area contributed by atoms with Gasteiger partial charge in [0.05, 0.1) is 12.5 Å². The molecule has 3 heterocycles. The van der Waals surface area contributed by atoms with E-state index in [1.165, 1.54) is 11.8 Å². The number of aliphatic carboxylic acids is 1. The summed E-state index contributed by atoms with van der Waals surface area (Å²) >= 11 is 0. The predicted molar refractivity (Wildman–Crippen MR) is 119 cm³/mol. The van der Waals surface area contributed by atoms with Gasteiger partial charge < -0.3 is 15.2 Å². The van der Waals surface area contributed by atoms with Gasteiger partial charge in [-0.05, 0) is 62.6 Å². The van der Waals surface area contributed by atoms with E-state index in [1.807, 2.05) is 13.0 Å². The normalized spacial score (nSPS) is 14.3. The Morgan fingerprint density at radius 3 is 2.81 bits per heavy atom. The van der Waals surface area contributed by atoms with Gasteiger partial charge >= 0.3 is 5.97 Å². The summed E-state index contributed by atoms with van der Waals surface area (Å²) in [6.45, 7) is 3.18. The first kappa shape index (κ1) is 23.9. The van der Waals surface area contributed by atoms with Crippen molar-refractivity contribution in [2.45, 2.75) is 70.1 Å². The Kier molecular flexibility index (Phi) is 8.36. The molecule has 0 aromatic carbocycles. The number of nitrogens with zero attached hydrogens (tertiary/aromatic N) is 2. The average molecular weight is 448 g/mol. The average Bonchev–Trinajstić information content (AvgIpc) is 2.78. The van der Waals surface area contributed by atoms with E-state index in [0.717, 1.165) is 30.9 Å². The van der Waals surface area contributed by atoms with Crippen molar-refractivity contribution in [1.82, 2.24) is 9.97 Å². The number of hydrogen-bond donors (Lipinski definition) is 2. The van der Waals surface area contributed by atoms with E-state index >= 15 is 0 Å². The number of fused-ring (bicyclic) bond motifs is 1. The molecule has 0 saturated heterocycles. The highest BCUT2D eigenvalue weighted by Crippen LogP contribution is 2.32. The fourth-order valence-electron chi connectivity index (χ4n) is 3.94. The summed E-state index contributed by atoms with van der Waals surface area (Å²) in [5.41, 5.74) is 2.53. The molecule has 6 nitrogen and oxygen atoms in total. The number of halogens is 2. The summed E-state index contributed by atoms with van der Waals surface area (Å²) in [7, 11) is 0. The summed E-state index contributed by atoms with van der Waals surface area (Å²) in [5.74, 6) is -3.75. The Balaban J connectivity index is 1.45. The van der Waals surface area contributed by atoms with Gasteiger partial charge in [-0.1, -0.05) is 12.1 Å². The van der Waals surface area contributed by atoms with Crippen LogP contribution in [0, 0.1) is 0 Å². The van der Waals surface area contributed by atoms with E-state index in [2.05, 4.69) is 21.4 Å². The van der Waals surface area contributed by atoms with Gasteiger partial charge in [-0.2, -0.15) is 0 Å². The van der Waals surface area contributed by atoms with Crippen LogP contribution in [0.25, 0.3) is 0 Å². The van der Waals surface area contributed by atoms with Gasteiger partial charge in [0.25, 0.3) is 0 Å². The van der Waals surface area contributed by atoms with Crippen molar-refractivity contribution in [2.24, 2.45) is 0 Å². The molecule has 0 aliphatic carbocycles. The number of unbranched alkanes of at least 4 members (excludes halogenated alkanes) is 1. The Morgan fingerprint density at radius 1 is 1.25 bits per heavy atom. The second kappa shape index (κ2) is 11.2. The summed E-state index contributed by atoms with van der Waals surface area (Å²) in [6.07, 6.45) is 4.27. The number of carboxylic acid groups (broad SMARTS) is 1. The topological polar surface area (TPSA) is 84.3 Å². The van der Waals surface area contributed by atoms with E-state index in [4.69, 9.17) is 4.74 Å². The Morgan fingerprint density at radius 2 is 2.09 bits per heavy atom. The van der Waals surface area contributed by atoms with Crippen molar-refractivity contribution < 1.29 is 23.4 Å². The molecule has 2 aromatic heterocycles. The number of nitrogens with one attached hydrogen (secondary N) is 1. The number of alkyl halides is 2. The van der Waals surface area contributed by atoms with Gasteiger partial charge in [0.1, 0.15) is 5.82 Å². The molecule has 2 N–H and O–H groups in total. The molecule has 3 rings (SSSR count). The Labute approximate surface area is 187 Å². The van der Waals surface area contributed by atoms with Crippen LogP contribution in [-0.4, -0.2) is 40.1 Å². The molecule has 8 heteroatoms. The lowest BCUT2D eigenvalue weighted by Gasteiger charge is -2.19. The summed E-state index contributed by atoms with van der Waals surface area (Å²) in [6, 6.07) is 7.19. The minimum Gasteiger partial charge on any atom is -0.481 e. The number of aromatic nitrogens is 2. The molecule has 0 saturated carbocycles. The second-order valence-electron chi connectivity index (χ2n) is 8.20. The zero-order valence-corrected chi connectivity index (χ0v) is 18.4. The van der Waals surface area contributed by atoms with E-state index in [0.29, 0.717) is 37.3 Å². The minimum absolute atomic E-state index is 0.143. The third-order valence-electron chi connectivity index (χ3n) is 5.73. The molecule has 174 valence electrons. The number of rotatable bonds is 12. The lowest BCUT2D eigenvalue weighted by atomic mass is 9.92. The fraction of sp³-hybridized carbons (Fsp3) is 0.542. The zero-order chi connectivity index (χ0) is 23.0. The molecule has 0 bridgehead atoms. The maximum Gasteiger partial charge on any atom is 0.311 e. The first-order valence-corrected chi connectivity index (χ1v) is 11.3. The molecular weight excluding hydrogens is 416 g/mol. The Hall–Kier alpha value is -2.77. The van der Waals surface area contributed by atoms with E-state index in [-0.39, 0.29) is 12.8 Å². The number of hydrogen-bond acceptors (Lipinski definition) is 5. The number of carbonyl (C=O) groups is 1. The monoisotopic (exact) mass is 447 g/mol. The molecule has 0 spiro atoms. The summed E-state index contributed by atoms with van der Waals surface area (Å²) in [4.78, 5) is 20.3. The van der Waals surface area contributed by atoms with E-state index in [1.54, 1.807) is 12.1 Å². The number of pyridine rings is 2. The van der Waals surface area contributed by atoms with Crippen LogP contribution in [-0.2, 0) is 17.6 Å². The van der Waals surface area contributed by atoms with Crippen molar-refractivity contribution >= 4 is 11.8 Å². The highest BCUT2D eigenvalue weighted by Gasteiger charge is 2.31. The second-order valence-corrected chi connectivity index (χ2v) is 8.20. The van der Waals surface area contributed by atoms with Crippen molar-refractivity contribution in [3.8, 4) is 5.88 Å². The first-order chi connectivity index (χ1) is 15.4. The summed E-state index contributed by atoms with van der Waals surface area (Å²) < 4.78 is 34.1.